The van der Waals surface area contributed by atoms with Crippen LogP contribution in [0.2, 0.25) is 10.0 Å². The Balaban J connectivity index is 1.84. The first-order valence-corrected chi connectivity index (χ1v) is 9.03. The Hall–Kier alpha value is -2.57. The summed E-state index contributed by atoms with van der Waals surface area (Å²) in [5.41, 5.74) is 3.74. The molecule has 0 saturated heterocycles. The van der Waals surface area contributed by atoms with Crippen molar-refractivity contribution in [3.63, 3.8) is 0 Å². The van der Waals surface area contributed by atoms with Gasteiger partial charge in [0.15, 0.2) is 0 Å². The average molecular weight is 408 g/mol. The SMILES string of the molecule is CCCNC(=O)C(=O)N/N=C/c1ccc(OCc2ccc(Cl)cc2Cl)cc1. The van der Waals surface area contributed by atoms with Gasteiger partial charge in [0.1, 0.15) is 12.4 Å². The van der Waals surface area contributed by atoms with Gasteiger partial charge in [-0.15, -0.1) is 0 Å². The largest absolute Gasteiger partial charge is 0.489 e. The molecule has 27 heavy (non-hydrogen) atoms. The zero-order chi connectivity index (χ0) is 19.6. The van der Waals surface area contributed by atoms with Crippen molar-refractivity contribution in [1.29, 1.82) is 0 Å². The summed E-state index contributed by atoms with van der Waals surface area (Å²) in [7, 11) is 0. The maximum absolute atomic E-state index is 11.5. The maximum atomic E-state index is 11.5. The number of benzene rings is 2. The van der Waals surface area contributed by atoms with Gasteiger partial charge < -0.3 is 10.1 Å². The fourth-order valence-electron chi connectivity index (χ4n) is 1.98. The second-order valence-corrected chi connectivity index (χ2v) is 6.39. The summed E-state index contributed by atoms with van der Waals surface area (Å²) in [5, 5.41) is 7.34. The number of hydrogen-bond donors (Lipinski definition) is 2. The number of amides is 2. The van der Waals surface area contributed by atoms with Crippen molar-refractivity contribution in [2.75, 3.05) is 6.54 Å². The molecule has 0 aliphatic heterocycles. The molecule has 0 unspecified atom stereocenters. The van der Waals surface area contributed by atoms with E-state index in [4.69, 9.17) is 27.9 Å². The number of carbonyl (C=O) groups excluding carboxylic acids is 2. The third kappa shape index (κ3) is 6.92. The molecule has 0 atom stereocenters. The van der Waals surface area contributed by atoms with Crippen LogP contribution in [0.15, 0.2) is 47.6 Å². The van der Waals surface area contributed by atoms with E-state index < -0.39 is 11.8 Å². The molecule has 2 amide bonds. The fraction of sp³-hybridized carbons (Fsp3) is 0.211. The Morgan fingerprint density at radius 1 is 1.11 bits per heavy atom. The highest BCUT2D eigenvalue weighted by Crippen LogP contribution is 2.22. The average Bonchev–Trinajstić information content (AvgIpc) is 2.66. The number of nitrogens with zero attached hydrogens (tertiary/aromatic N) is 1. The summed E-state index contributed by atoms with van der Waals surface area (Å²) in [6.07, 6.45) is 2.19. The van der Waals surface area contributed by atoms with Gasteiger partial charge in [0, 0.05) is 22.2 Å². The molecular formula is C19H19Cl2N3O3. The molecule has 2 aromatic carbocycles. The molecule has 0 fully saturated rings. The first-order chi connectivity index (χ1) is 13.0. The van der Waals surface area contributed by atoms with Crippen molar-refractivity contribution in [2.45, 2.75) is 20.0 Å². The zero-order valence-corrected chi connectivity index (χ0v) is 16.2. The lowest BCUT2D eigenvalue weighted by molar-refractivity contribution is -0.139. The van der Waals surface area contributed by atoms with Crippen molar-refractivity contribution in [1.82, 2.24) is 10.7 Å². The molecule has 0 radical (unpaired) electrons. The minimum absolute atomic E-state index is 0.312. The van der Waals surface area contributed by atoms with Crippen LogP contribution >= 0.6 is 23.2 Å². The van der Waals surface area contributed by atoms with Gasteiger partial charge in [-0.1, -0.05) is 36.2 Å². The highest BCUT2D eigenvalue weighted by molar-refractivity contribution is 6.35. The first-order valence-electron chi connectivity index (χ1n) is 8.27. The van der Waals surface area contributed by atoms with E-state index in [0.717, 1.165) is 17.5 Å². The van der Waals surface area contributed by atoms with Gasteiger partial charge in [-0.05, 0) is 48.4 Å². The summed E-state index contributed by atoms with van der Waals surface area (Å²) in [5.74, 6) is -0.862. The van der Waals surface area contributed by atoms with E-state index in [2.05, 4.69) is 15.8 Å². The van der Waals surface area contributed by atoms with Crippen LogP contribution in [0.1, 0.15) is 24.5 Å². The van der Waals surface area contributed by atoms with E-state index in [0.29, 0.717) is 28.9 Å². The van der Waals surface area contributed by atoms with Crippen molar-refractivity contribution in [2.24, 2.45) is 5.10 Å². The normalized spacial score (nSPS) is 10.6. The third-order valence-corrected chi connectivity index (χ3v) is 4.00. The molecule has 2 N–H and O–H groups in total. The van der Waals surface area contributed by atoms with E-state index in [1.165, 1.54) is 6.21 Å². The number of ether oxygens (including phenoxy) is 1. The highest BCUT2D eigenvalue weighted by atomic mass is 35.5. The number of nitrogens with one attached hydrogen (secondary N) is 2. The quantitative estimate of drug-likeness (QED) is 0.418. The van der Waals surface area contributed by atoms with Crippen LogP contribution in [0.5, 0.6) is 5.75 Å². The van der Waals surface area contributed by atoms with Gasteiger partial charge in [-0.2, -0.15) is 5.10 Å². The molecule has 6 nitrogen and oxygen atoms in total. The summed E-state index contributed by atoms with van der Waals surface area (Å²) in [6, 6.07) is 12.3. The van der Waals surface area contributed by atoms with E-state index in [9.17, 15) is 9.59 Å². The number of carbonyl (C=O) groups is 2. The Morgan fingerprint density at radius 3 is 2.52 bits per heavy atom. The molecule has 0 saturated carbocycles. The van der Waals surface area contributed by atoms with E-state index in [1.54, 1.807) is 36.4 Å². The lowest BCUT2D eigenvalue weighted by Crippen LogP contribution is -2.38. The monoisotopic (exact) mass is 407 g/mol. The van der Waals surface area contributed by atoms with Gasteiger partial charge in [-0.25, -0.2) is 5.43 Å². The minimum Gasteiger partial charge on any atom is -0.489 e. The lowest BCUT2D eigenvalue weighted by Gasteiger charge is -2.08. The predicted molar refractivity (Wildman–Crippen MR) is 106 cm³/mol. The second kappa shape index (κ2) is 10.5. The number of hydrogen-bond acceptors (Lipinski definition) is 4. The molecule has 0 spiro atoms. The smallest absolute Gasteiger partial charge is 0.329 e. The third-order valence-electron chi connectivity index (χ3n) is 3.41. The number of hydrazone groups is 1. The summed E-state index contributed by atoms with van der Waals surface area (Å²) < 4.78 is 5.68. The van der Waals surface area contributed by atoms with Crippen molar-refractivity contribution in [3.05, 3.63) is 63.6 Å². The van der Waals surface area contributed by atoms with Gasteiger partial charge in [0.2, 0.25) is 0 Å². The molecular weight excluding hydrogens is 389 g/mol. The Morgan fingerprint density at radius 2 is 1.85 bits per heavy atom. The first kappa shape index (κ1) is 20.7. The maximum Gasteiger partial charge on any atom is 0.329 e. The van der Waals surface area contributed by atoms with Gasteiger partial charge >= 0.3 is 11.8 Å². The predicted octanol–water partition coefficient (Wildman–Crippen LogP) is 3.55. The van der Waals surface area contributed by atoms with Crippen LogP contribution in [-0.2, 0) is 16.2 Å². The van der Waals surface area contributed by atoms with Crippen LogP contribution in [0.25, 0.3) is 0 Å². The molecule has 142 valence electrons. The van der Waals surface area contributed by atoms with E-state index in [-0.39, 0.29) is 0 Å². The second-order valence-electron chi connectivity index (χ2n) is 5.55. The van der Waals surface area contributed by atoms with Crippen molar-refractivity contribution >= 4 is 41.2 Å². The Bertz CT molecular complexity index is 823. The Labute approximate surface area is 167 Å². The highest BCUT2D eigenvalue weighted by Gasteiger charge is 2.10. The molecule has 0 bridgehead atoms. The van der Waals surface area contributed by atoms with Crippen LogP contribution in [0, 0.1) is 0 Å². The van der Waals surface area contributed by atoms with E-state index in [1.807, 2.05) is 13.0 Å². The molecule has 0 aromatic heterocycles. The molecule has 2 aromatic rings. The fourth-order valence-corrected chi connectivity index (χ4v) is 2.45. The van der Waals surface area contributed by atoms with Gasteiger partial charge in [0.05, 0.1) is 6.21 Å². The minimum atomic E-state index is -0.806. The topological polar surface area (TPSA) is 79.8 Å². The summed E-state index contributed by atoms with van der Waals surface area (Å²) in [4.78, 5) is 22.9. The van der Waals surface area contributed by atoms with Crippen LogP contribution in [0.3, 0.4) is 0 Å². The van der Waals surface area contributed by atoms with E-state index >= 15 is 0 Å². The van der Waals surface area contributed by atoms with Crippen LogP contribution in [-0.4, -0.2) is 24.6 Å². The number of halogens is 2. The number of rotatable bonds is 7. The molecule has 0 aliphatic carbocycles. The van der Waals surface area contributed by atoms with Gasteiger partial charge in [-0.3, -0.25) is 9.59 Å². The molecule has 0 heterocycles. The van der Waals surface area contributed by atoms with Gasteiger partial charge in [0.25, 0.3) is 0 Å². The van der Waals surface area contributed by atoms with Crippen LogP contribution < -0.4 is 15.5 Å². The molecule has 0 aliphatic rings. The standard InChI is InChI=1S/C19H19Cl2N3O3/c1-2-9-22-18(25)19(26)24-23-11-13-3-7-16(8-4-13)27-12-14-5-6-15(20)10-17(14)21/h3-8,10-11H,2,9,12H2,1H3,(H,22,25)(H,24,26)/b23-11+. The summed E-state index contributed by atoms with van der Waals surface area (Å²) in [6.45, 7) is 2.65. The Kier molecular flexibility index (Phi) is 8.10. The molecule has 8 heteroatoms. The van der Waals surface area contributed by atoms with Crippen molar-refractivity contribution < 1.29 is 14.3 Å². The lowest BCUT2D eigenvalue weighted by atomic mass is 10.2. The van der Waals surface area contributed by atoms with Crippen molar-refractivity contribution in [3.8, 4) is 5.75 Å². The summed E-state index contributed by atoms with van der Waals surface area (Å²) >= 11 is 12.0. The zero-order valence-electron chi connectivity index (χ0n) is 14.7. The van der Waals surface area contributed by atoms with Crippen LogP contribution in [0.4, 0.5) is 0 Å². The molecule has 2 rings (SSSR count).